The standard InChI is InChI=1S/C32H35FN2O5/c1-32(2,3)24-11-9-21(10-12-24)20-5-7-22(8-6-20)29(37)31(38)34-26(19-35-13-4-14-35)28(36)23-17-25(33)30-27(18-23)39-15-16-40-30/h5-12,17-18,26,28,36H,4,13-16,19H2,1-3H3,(H,34,38)/t26-,28+/m1/s1. The van der Waals surface area contributed by atoms with Crippen LogP contribution in [0.3, 0.4) is 0 Å². The fourth-order valence-corrected chi connectivity index (χ4v) is 4.94. The third-order valence-electron chi connectivity index (χ3n) is 7.50. The van der Waals surface area contributed by atoms with E-state index in [1.165, 1.54) is 17.7 Å². The molecule has 3 aromatic rings. The lowest BCUT2D eigenvalue weighted by atomic mass is 9.86. The Labute approximate surface area is 233 Å². The number of benzene rings is 3. The maximum atomic E-state index is 14.7. The second kappa shape index (κ2) is 11.4. The summed E-state index contributed by atoms with van der Waals surface area (Å²) < 4.78 is 25.5. The lowest BCUT2D eigenvalue weighted by Crippen LogP contribution is -2.52. The summed E-state index contributed by atoms with van der Waals surface area (Å²) in [6.45, 7) is 8.96. The Balaban J connectivity index is 1.30. The Bertz CT molecular complexity index is 1380. The van der Waals surface area contributed by atoms with Crippen LogP contribution in [0.2, 0.25) is 0 Å². The quantitative estimate of drug-likeness (QED) is 0.316. The van der Waals surface area contributed by atoms with Gasteiger partial charge in [-0.2, -0.15) is 0 Å². The minimum Gasteiger partial charge on any atom is -0.486 e. The number of carbonyl (C=O) groups is 2. The average Bonchev–Trinajstić information content (AvgIpc) is 2.93. The number of amides is 1. The predicted molar refractivity (Wildman–Crippen MR) is 150 cm³/mol. The Hall–Kier alpha value is -3.75. The number of likely N-dealkylation sites (tertiary alicyclic amines) is 1. The first-order valence-corrected chi connectivity index (χ1v) is 13.7. The van der Waals surface area contributed by atoms with Gasteiger partial charge in [-0.3, -0.25) is 9.59 Å². The van der Waals surface area contributed by atoms with Crippen molar-refractivity contribution in [3.8, 4) is 22.6 Å². The van der Waals surface area contributed by atoms with Gasteiger partial charge in [-0.05, 0) is 59.3 Å². The maximum Gasteiger partial charge on any atom is 0.292 e. The van der Waals surface area contributed by atoms with Crippen LogP contribution in [0.1, 0.15) is 54.8 Å². The van der Waals surface area contributed by atoms with E-state index >= 15 is 0 Å². The lowest BCUT2D eigenvalue weighted by Gasteiger charge is -2.36. The number of fused-ring (bicyclic) bond motifs is 1. The SMILES string of the molecule is CC(C)(C)c1ccc(-c2ccc(C(=O)C(=O)N[C@H](CN3CCC3)[C@@H](O)c3cc(F)c4c(c3)OCCO4)cc2)cc1. The number of ketones is 1. The molecule has 5 rings (SSSR count). The van der Waals surface area contributed by atoms with Crippen LogP contribution in [-0.4, -0.2) is 60.6 Å². The summed E-state index contributed by atoms with van der Waals surface area (Å²) in [6, 6.07) is 17.1. The van der Waals surface area contributed by atoms with E-state index in [4.69, 9.17) is 9.47 Å². The number of carbonyl (C=O) groups excluding carboxylic acids is 2. The summed E-state index contributed by atoms with van der Waals surface area (Å²) in [6.07, 6.45) is -0.249. The van der Waals surface area contributed by atoms with Crippen molar-refractivity contribution in [3.63, 3.8) is 0 Å². The van der Waals surface area contributed by atoms with Crippen molar-refractivity contribution >= 4 is 11.7 Å². The molecule has 3 aromatic carbocycles. The molecule has 2 atom stereocenters. The lowest BCUT2D eigenvalue weighted by molar-refractivity contribution is -0.118. The van der Waals surface area contributed by atoms with Gasteiger partial charge in [0, 0.05) is 12.1 Å². The normalized spacial score (nSPS) is 16.5. The topological polar surface area (TPSA) is 88.1 Å². The first-order valence-electron chi connectivity index (χ1n) is 13.7. The molecule has 8 heteroatoms. The van der Waals surface area contributed by atoms with Gasteiger partial charge in [0.25, 0.3) is 5.91 Å². The highest BCUT2D eigenvalue weighted by atomic mass is 19.1. The third-order valence-corrected chi connectivity index (χ3v) is 7.50. The molecule has 7 nitrogen and oxygen atoms in total. The molecule has 0 saturated carbocycles. The molecule has 0 bridgehead atoms. The average molecular weight is 547 g/mol. The van der Waals surface area contributed by atoms with Crippen molar-refractivity contribution in [2.75, 3.05) is 32.8 Å². The Kier molecular flexibility index (Phi) is 7.92. The zero-order valence-electron chi connectivity index (χ0n) is 23.1. The molecular formula is C32H35FN2O5. The molecule has 40 heavy (non-hydrogen) atoms. The predicted octanol–water partition coefficient (Wildman–Crippen LogP) is 4.67. The number of halogens is 1. The van der Waals surface area contributed by atoms with Gasteiger partial charge in [0.15, 0.2) is 17.3 Å². The molecule has 2 aliphatic heterocycles. The molecule has 1 amide bonds. The van der Waals surface area contributed by atoms with Crippen molar-refractivity contribution in [2.45, 2.75) is 44.8 Å². The Morgan fingerprint density at radius 1 is 0.975 bits per heavy atom. The highest BCUT2D eigenvalue weighted by Gasteiger charge is 2.31. The molecule has 210 valence electrons. The number of ether oxygens (including phenoxy) is 2. The van der Waals surface area contributed by atoms with Gasteiger partial charge in [0.05, 0.1) is 6.04 Å². The molecule has 2 aliphatic rings. The van der Waals surface area contributed by atoms with Crippen molar-refractivity contribution in [1.29, 1.82) is 0 Å². The van der Waals surface area contributed by atoms with E-state index in [1.54, 1.807) is 12.1 Å². The molecule has 0 aliphatic carbocycles. The number of nitrogens with one attached hydrogen (secondary N) is 1. The zero-order chi connectivity index (χ0) is 28.4. The van der Waals surface area contributed by atoms with Crippen molar-refractivity contribution in [3.05, 3.63) is 83.2 Å². The van der Waals surface area contributed by atoms with Crippen LogP contribution >= 0.6 is 0 Å². The van der Waals surface area contributed by atoms with Crippen molar-refractivity contribution in [2.24, 2.45) is 0 Å². The first kappa shape index (κ1) is 27.8. The fraction of sp³-hybridized carbons (Fsp3) is 0.375. The Morgan fingerprint density at radius 2 is 1.60 bits per heavy atom. The Morgan fingerprint density at radius 3 is 2.20 bits per heavy atom. The molecule has 2 heterocycles. The molecule has 1 saturated heterocycles. The van der Waals surface area contributed by atoms with Crippen LogP contribution in [0.15, 0.2) is 60.7 Å². The minimum absolute atomic E-state index is 0.00861. The largest absolute Gasteiger partial charge is 0.486 e. The molecule has 1 fully saturated rings. The van der Waals surface area contributed by atoms with E-state index < -0.39 is 29.7 Å². The number of Topliss-reactive ketones (excluding diaryl/α,β-unsaturated/α-hetero) is 1. The van der Waals surface area contributed by atoms with Crippen LogP contribution in [-0.2, 0) is 10.2 Å². The number of aliphatic hydroxyl groups excluding tert-OH is 1. The van der Waals surface area contributed by atoms with E-state index in [2.05, 4.69) is 43.1 Å². The van der Waals surface area contributed by atoms with Gasteiger partial charge < -0.3 is 24.8 Å². The van der Waals surface area contributed by atoms with Crippen LogP contribution in [0.25, 0.3) is 11.1 Å². The van der Waals surface area contributed by atoms with E-state index in [9.17, 15) is 19.1 Å². The molecule has 0 spiro atoms. The molecule has 0 unspecified atom stereocenters. The van der Waals surface area contributed by atoms with Crippen LogP contribution in [0, 0.1) is 5.82 Å². The van der Waals surface area contributed by atoms with Gasteiger partial charge in [0.2, 0.25) is 5.78 Å². The molecule has 0 aromatic heterocycles. The van der Waals surface area contributed by atoms with Crippen molar-refractivity contribution < 1.29 is 28.6 Å². The second-order valence-electron chi connectivity index (χ2n) is 11.4. The number of rotatable bonds is 8. The van der Waals surface area contributed by atoms with Crippen LogP contribution < -0.4 is 14.8 Å². The van der Waals surface area contributed by atoms with Gasteiger partial charge >= 0.3 is 0 Å². The van der Waals surface area contributed by atoms with Crippen molar-refractivity contribution in [1.82, 2.24) is 10.2 Å². The zero-order valence-corrected chi connectivity index (χ0v) is 23.1. The number of hydrogen-bond donors (Lipinski definition) is 2. The molecule has 0 radical (unpaired) electrons. The van der Waals surface area contributed by atoms with Gasteiger partial charge in [-0.25, -0.2) is 4.39 Å². The summed E-state index contributed by atoms with van der Waals surface area (Å²) in [5, 5.41) is 13.9. The van der Waals surface area contributed by atoms with E-state index in [0.717, 1.165) is 30.6 Å². The summed E-state index contributed by atoms with van der Waals surface area (Å²) in [7, 11) is 0. The number of hydrogen-bond acceptors (Lipinski definition) is 6. The fourth-order valence-electron chi connectivity index (χ4n) is 4.94. The molecular weight excluding hydrogens is 511 g/mol. The summed E-state index contributed by atoms with van der Waals surface area (Å²) in [5.41, 5.74) is 3.72. The van der Waals surface area contributed by atoms with Gasteiger partial charge in [-0.15, -0.1) is 0 Å². The third kappa shape index (κ3) is 6.03. The van der Waals surface area contributed by atoms with Gasteiger partial charge in [0.1, 0.15) is 19.3 Å². The molecule has 2 N–H and O–H groups in total. The minimum atomic E-state index is -1.26. The maximum absolute atomic E-state index is 14.7. The van der Waals surface area contributed by atoms with E-state index in [-0.39, 0.29) is 41.3 Å². The van der Waals surface area contributed by atoms with Crippen LogP contribution in [0.4, 0.5) is 4.39 Å². The second-order valence-corrected chi connectivity index (χ2v) is 11.4. The highest BCUT2D eigenvalue weighted by Crippen LogP contribution is 2.36. The van der Waals surface area contributed by atoms with E-state index in [0.29, 0.717) is 6.54 Å². The number of aliphatic hydroxyl groups is 1. The van der Waals surface area contributed by atoms with Crippen LogP contribution in [0.5, 0.6) is 11.5 Å². The smallest absolute Gasteiger partial charge is 0.292 e. The summed E-state index contributed by atoms with van der Waals surface area (Å²) in [4.78, 5) is 28.2. The highest BCUT2D eigenvalue weighted by molar-refractivity contribution is 6.42. The summed E-state index contributed by atoms with van der Waals surface area (Å²) >= 11 is 0. The van der Waals surface area contributed by atoms with E-state index in [1.807, 2.05) is 24.3 Å². The first-order chi connectivity index (χ1) is 19.1. The monoisotopic (exact) mass is 546 g/mol. The van der Waals surface area contributed by atoms with Gasteiger partial charge in [-0.1, -0.05) is 69.3 Å². The summed E-state index contributed by atoms with van der Waals surface area (Å²) in [5.74, 6) is -1.97. The number of nitrogens with zero attached hydrogens (tertiary/aromatic N) is 1.